The molecule has 0 atom stereocenters. The standard InChI is InChI=1S/C10H14O4.C5H8O2/c1-3-4-8(10(13)14)6-5-7(2)9(11)12;1-3-5(6)7-4-2/h5-6H,3-4H2,1-2H3,(H,11,12)(H,13,14);3H,1,4H2,2H3. The van der Waals surface area contributed by atoms with Gasteiger partial charge in [0.25, 0.3) is 0 Å². The SMILES string of the molecule is C=CC(=O)OCC.CCCC(=CC=C(C)C(=O)O)C(=O)O. The molecule has 0 aromatic carbocycles. The van der Waals surface area contributed by atoms with E-state index in [1.807, 2.05) is 6.92 Å². The van der Waals surface area contributed by atoms with Gasteiger partial charge in [-0.25, -0.2) is 14.4 Å². The van der Waals surface area contributed by atoms with Crippen LogP contribution in [0.1, 0.15) is 33.6 Å². The third-order valence-corrected chi connectivity index (χ3v) is 2.12. The molecule has 0 radical (unpaired) electrons. The minimum atomic E-state index is -1.04. The number of aliphatic carboxylic acids is 2. The number of ether oxygens (including phenoxy) is 1. The predicted octanol–water partition coefficient (Wildman–Crippen LogP) is 2.56. The first-order chi connectivity index (χ1) is 9.79. The van der Waals surface area contributed by atoms with E-state index in [0.29, 0.717) is 13.0 Å². The van der Waals surface area contributed by atoms with Crippen LogP contribution in [0.3, 0.4) is 0 Å². The van der Waals surface area contributed by atoms with E-state index >= 15 is 0 Å². The van der Waals surface area contributed by atoms with Crippen LogP contribution in [0.4, 0.5) is 0 Å². The monoisotopic (exact) mass is 298 g/mol. The summed E-state index contributed by atoms with van der Waals surface area (Å²) in [6, 6.07) is 0. The van der Waals surface area contributed by atoms with Crippen molar-refractivity contribution in [3.63, 3.8) is 0 Å². The van der Waals surface area contributed by atoms with Gasteiger partial charge >= 0.3 is 17.9 Å². The minimum Gasteiger partial charge on any atom is -0.478 e. The number of carbonyl (C=O) groups is 3. The molecule has 2 N–H and O–H groups in total. The molecule has 0 saturated heterocycles. The van der Waals surface area contributed by atoms with E-state index in [0.717, 1.165) is 12.5 Å². The Morgan fingerprint density at radius 2 is 1.67 bits per heavy atom. The van der Waals surface area contributed by atoms with Crippen LogP contribution >= 0.6 is 0 Å². The van der Waals surface area contributed by atoms with E-state index in [-0.39, 0.29) is 17.1 Å². The van der Waals surface area contributed by atoms with E-state index in [2.05, 4.69) is 11.3 Å². The zero-order chi connectivity index (χ0) is 16.8. The van der Waals surface area contributed by atoms with Gasteiger partial charge < -0.3 is 14.9 Å². The average Bonchev–Trinajstić information content (AvgIpc) is 2.43. The van der Waals surface area contributed by atoms with Crippen molar-refractivity contribution < 1.29 is 29.3 Å². The molecule has 0 bridgehead atoms. The summed E-state index contributed by atoms with van der Waals surface area (Å²) in [4.78, 5) is 31.1. The van der Waals surface area contributed by atoms with E-state index in [4.69, 9.17) is 10.2 Å². The van der Waals surface area contributed by atoms with Gasteiger partial charge in [0.15, 0.2) is 0 Å². The highest BCUT2D eigenvalue weighted by Gasteiger charge is 2.04. The fourth-order valence-corrected chi connectivity index (χ4v) is 1.03. The molecule has 0 aromatic rings. The van der Waals surface area contributed by atoms with Crippen LogP contribution in [0.15, 0.2) is 36.0 Å². The number of rotatable bonds is 7. The molecule has 118 valence electrons. The van der Waals surface area contributed by atoms with Crippen LogP contribution in [0.25, 0.3) is 0 Å². The Bertz CT molecular complexity index is 431. The first kappa shape index (κ1) is 20.9. The third-order valence-electron chi connectivity index (χ3n) is 2.12. The summed E-state index contributed by atoms with van der Waals surface area (Å²) in [5.41, 5.74) is 0.355. The number of hydrogen-bond acceptors (Lipinski definition) is 4. The third kappa shape index (κ3) is 12.4. The molecule has 0 amide bonds. The normalized spacial score (nSPS) is 11.0. The van der Waals surface area contributed by atoms with Crippen molar-refractivity contribution in [2.45, 2.75) is 33.6 Å². The topological polar surface area (TPSA) is 101 Å². The summed E-state index contributed by atoms with van der Waals surface area (Å²) in [5, 5.41) is 17.2. The highest BCUT2D eigenvalue weighted by molar-refractivity contribution is 5.89. The molecule has 0 aliphatic carbocycles. The fraction of sp³-hybridized carbons (Fsp3) is 0.400. The molecule has 0 aliphatic heterocycles. The maximum atomic E-state index is 10.6. The molecule has 6 nitrogen and oxygen atoms in total. The smallest absolute Gasteiger partial charge is 0.331 e. The fourth-order valence-electron chi connectivity index (χ4n) is 1.03. The van der Waals surface area contributed by atoms with Gasteiger partial charge in [0.05, 0.1) is 6.61 Å². The van der Waals surface area contributed by atoms with Crippen LogP contribution in [0.5, 0.6) is 0 Å². The number of esters is 1. The average molecular weight is 298 g/mol. The van der Waals surface area contributed by atoms with Crippen molar-refractivity contribution in [1.82, 2.24) is 0 Å². The van der Waals surface area contributed by atoms with Crippen molar-refractivity contribution in [3.05, 3.63) is 36.0 Å². The summed E-state index contributed by atoms with van der Waals surface area (Å²) < 4.78 is 4.43. The van der Waals surface area contributed by atoms with Gasteiger partial charge in [-0.3, -0.25) is 0 Å². The summed E-state index contributed by atoms with van der Waals surface area (Å²) in [6.45, 7) is 8.66. The van der Waals surface area contributed by atoms with Gasteiger partial charge in [-0.1, -0.05) is 32.1 Å². The lowest BCUT2D eigenvalue weighted by Crippen LogP contribution is -2.00. The lowest BCUT2D eigenvalue weighted by Gasteiger charge is -1.97. The Kier molecular flexibility index (Phi) is 12.6. The van der Waals surface area contributed by atoms with Gasteiger partial charge in [-0.15, -0.1) is 0 Å². The molecule has 0 unspecified atom stereocenters. The Morgan fingerprint density at radius 3 is 1.95 bits per heavy atom. The zero-order valence-corrected chi connectivity index (χ0v) is 12.6. The molecular formula is C15H22O6. The van der Waals surface area contributed by atoms with Gasteiger partial charge in [-0.2, -0.15) is 0 Å². The lowest BCUT2D eigenvalue weighted by atomic mass is 10.1. The molecule has 0 saturated carbocycles. The Balaban J connectivity index is 0. The summed E-state index contributed by atoms with van der Waals surface area (Å²) in [5.74, 6) is -2.40. The van der Waals surface area contributed by atoms with Crippen LogP contribution in [0, 0.1) is 0 Å². The predicted molar refractivity (Wildman–Crippen MR) is 78.8 cm³/mol. The zero-order valence-electron chi connectivity index (χ0n) is 12.6. The van der Waals surface area contributed by atoms with Gasteiger partial charge in [0, 0.05) is 17.2 Å². The van der Waals surface area contributed by atoms with Gasteiger partial charge in [0.1, 0.15) is 0 Å². The minimum absolute atomic E-state index is 0.125. The van der Waals surface area contributed by atoms with Crippen molar-refractivity contribution >= 4 is 17.9 Å². The van der Waals surface area contributed by atoms with Crippen LogP contribution in [-0.4, -0.2) is 34.7 Å². The molecule has 0 rings (SSSR count). The molecule has 0 fully saturated rings. The van der Waals surface area contributed by atoms with Gasteiger partial charge in [0.2, 0.25) is 0 Å². The maximum absolute atomic E-state index is 10.6. The highest BCUT2D eigenvalue weighted by atomic mass is 16.5. The van der Waals surface area contributed by atoms with Crippen molar-refractivity contribution in [2.75, 3.05) is 6.61 Å². The largest absolute Gasteiger partial charge is 0.478 e. The summed E-state index contributed by atoms with van der Waals surface area (Å²) in [6.07, 6.45) is 4.96. The van der Waals surface area contributed by atoms with Gasteiger partial charge in [-0.05, 0) is 20.3 Å². The van der Waals surface area contributed by atoms with Crippen LogP contribution in [-0.2, 0) is 19.1 Å². The molecule has 21 heavy (non-hydrogen) atoms. The molecule has 6 heteroatoms. The second kappa shape index (κ2) is 12.7. The van der Waals surface area contributed by atoms with Crippen LogP contribution < -0.4 is 0 Å². The second-order valence-corrected chi connectivity index (χ2v) is 3.86. The highest BCUT2D eigenvalue weighted by Crippen LogP contribution is 2.06. The summed E-state index contributed by atoms with van der Waals surface area (Å²) in [7, 11) is 0. The van der Waals surface area contributed by atoms with E-state index in [9.17, 15) is 14.4 Å². The number of carboxylic acid groups (broad SMARTS) is 2. The number of allylic oxidation sites excluding steroid dienone is 2. The molecule has 0 spiro atoms. The number of hydrogen-bond donors (Lipinski definition) is 2. The first-order valence-electron chi connectivity index (χ1n) is 6.43. The van der Waals surface area contributed by atoms with Crippen molar-refractivity contribution in [1.29, 1.82) is 0 Å². The number of carbonyl (C=O) groups excluding carboxylic acids is 1. The molecule has 0 heterocycles. The van der Waals surface area contributed by atoms with E-state index in [1.54, 1.807) is 6.92 Å². The van der Waals surface area contributed by atoms with E-state index in [1.165, 1.54) is 19.1 Å². The van der Waals surface area contributed by atoms with Crippen LogP contribution in [0.2, 0.25) is 0 Å². The number of carboxylic acids is 2. The molecular weight excluding hydrogens is 276 g/mol. The van der Waals surface area contributed by atoms with Crippen molar-refractivity contribution in [2.24, 2.45) is 0 Å². The summed E-state index contributed by atoms with van der Waals surface area (Å²) >= 11 is 0. The second-order valence-electron chi connectivity index (χ2n) is 3.86. The first-order valence-corrected chi connectivity index (χ1v) is 6.43. The quantitative estimate of drug-likeness (QED) is 0.425. The van der Waals surface area contributed by atoms with Crippen molar-refractivity contribution in [3.8, 4) is 0 Å². The maximum Gasteiger partial charge on any atom is 0.331 e. The molecule has 0 aliphatic rings. The van der Waals surface area contributed by atoms with E-state index < -0.39 is 11.9 Å². The molecule has 0 aromatic heterocycles. The lowest BCUT2D eigenvalue weighted by molar-refractivity contribution is -0.137. The Hall–Kier alpha value is -2.37. The Morgan fingerprint density at radius 1 is 1.10 bits per heavy atom. The Labute approximate surface area is 124 Å².